The predicted molar refractivity (Wildman–Crippen MR) is 88.3 cm³/mol. The van der Waals surface area contributed by atoms with E-state index in [0.29, 0.717) is 12.2 Å². The van der Waals surface area contributed by atoms with Crippen LogP contribution >= 0.6 is 0 Å². The molecule has 6 nitrogen and oxygen atoms in total. The number of carbonyl (C=O) groups is 1. The first-order valence-electron chi connectivity index (χ1n) is 7.82. The molecular weight excluding hydrogens is 347 g/mol. The standard InChI is InChI=1S/C17H16F3N5O/c1-12(25-9-6-15(23-25)17(18,19)20)16(26)22-14-5-2-4-13(10-14)11-24-8-3-7-21-24/h2-10,12H,11H2,1H3,(H,22,26). The number of alkyl halides is 3. The molecule has 0 saturated carbocycles. The molecule has 2 aromatic heterocycles. The van der Waals surface area contributed by atoms with Crippen LogP contribution in [-0.4, -0.2) is 25.5 Å². The lowest BCUT2D eigenvalue weighted by molar-refractivity contribution is -0.141. The summed E-state index contributed by atoms with van der Waals surface area (Å²) in [6, 6.07) is 8.94. The van der Waals surface area contributed by atoms with E-state index in [9.17, 15) is 18.0 Å². The van der Waals surface area contributed by atoms with Crippen LogP contribution in [0.25, 0.3) is 0 Å². The van der Waals surface area contributed by atoms with Crippen molar-refractivity contribution < 1.29 is 18.0 Å². The Morgan fingerprint density at radius 3 is 2.69 bits per heavy atom. The molecule has 0 radical (unpaired) electrons. The highest BCUT2D eigenvalue weighted by molar-refractivity contribution is 5.93. The van der Waals surface area contributed by atoms with Gasteiger partial charge in [-0.2, -0.15) is 23.4 Å². The number of benzene rings is 1. The molecule has 1 N–H and O–H groups in total. The average molecular weight is 363 g/mol. The monoisotopic (exact) mass is 363 g/mol. The Hall–Kier alpha value is -3.10. The first-order chi connectivity index (χ1) is 12.3. The van der Waals surface area contributed by atoms with Crippen LogP contribution in [0.15, 0.2) is 55.0 Å². The SMILES string of the molecule is CC(C(=O)Nc1cccc(Cn2cccn2)c1)n1ccc(C(F)(F)F)n1. The van der Waals surface area contributed by atoms with Gasteiger partial charge < -0.3 is 5.32 Å². The quantitative estimate of drug-likeness (QED) is 0.756. The summed E-state index contributed by atoms with van der Waals surface area (Å²) in [5, 5.41) is 10.2. The molecule has 2 heterocycles. The topological polar surface area (TPSA) is 64.7 Å². The number of rotatable bonds is 5. The van der Waals surface area contributed by atoms with E-state index in [-0.39, 0.29) is 0 Å². The minimum atomic E-state index is -4.54. The zero-order chi connectivity index (χ0) is 18.7. The Balaban J connectivity index is 1.68. The van der Waals surface area contributed by atoms with E-state index < -0.39 is 23.8 Å². The molecule has 0 spiro atoms. The number of halogens is 3. The summed E-state index contributed by atoms with van der Waals surface area (Å²) in [6.45, 7) is 2.02. The average Bonchev–Trinajstić information content (AvgIpc) is 3.25. The summed E-state index contributed by atoms with van der Waals surface area (Å²) < 4.78 is 40.6. The number of hydrogen-bond acceptors (Lipinski definition) is 3. The minimum absolute atomic E-state index is 0.460. The predicted octanol–water partition coefficient (Wildman–Crippen LogP) is 3.35. The number of anilines is 1. The first kappa shape index (κ1) is 17.7. The van der Waals surface area contributed by atoms with Crippen LogP contribution < -0.4 is 5.32 Å². The summed E-state index contributed by atoms with van der Waals surface area (Å²) in [6.07, 6.45) is 0.0966. The van der Waals surface area contributed by atoms with Crippen LogP contribution in [0, 0.1) is 0 Å². The van der Waals surface area contributed by atoms with Crippen LogP contribution in [0.1, 0.15) is 24.2 Å². The zero-order valence-electron chi connectivity index (χ0n) is 13.8. The maximum absolute atomic E-state index is 12.6. The fraction of sp³-hybridized carbons (Fsp3) is 0.235. The zero-order valence-corrected chi connectivity index (χ0v) is 13.8. The number of aromatic nitrogens is 4. The van der Waals surface area contributed by atoms with Crippen molar-refractivity contribution in [3.63, 3.8) is 0 Å². The molecule has 26 heavy (non-hydrogen) atoms. The molecule has 9 heteroatoms. The third-order valence-corrected chi connectivity index (χ3v) is 3.77. The lowest BCUT2D eigenvalue weighted by Crippen LogP contribution is -2.24. The summed E-state index contributed by atoms with van der Waals surface area (Å²) in [5.41, 5.74) is 0.450. The Labute approximate surface area is 147 Å². The highest BCUT2D eigenvalue weighted by Crippen LogP contribution is 2.28. The third kappa shape index (κ3) is 4.11. The van der Waals surface area contributed by atoms with Crippen molar-refractivity contribution in [3.8, 4) is 0 Å². The molecular formula is C17H16F3N5O. The fourth-order valence-corrected chi connectivity index (χ4v) is 2.40. The second-order valence-electron chi connectivity index (χ2n) is 5.75. The second kappa shape index (κ2) is 7.03. The molecule has 0 aliphatic heterocycles. The highest BCUT2D eigenvalue weighted by atomic mass is 19.4. The lowest BCUT2D eigenvalue weighted by Gasteiger charge is -2.13. The Bertz CT molecular complexity index is 886. The molecule has 0 aliphatic carbocycles. The van der Waals surface area contributed by atoms with Crippen molar-refractivity contribution in [2.45, 2.75) is 25.7 Å². The number of nitrogens with one attached hydrogen (secondary N) is 1. The third-order valence-electron chi connectivity index (χ3n) is 3.77. The molecule has 1 atom stereocenters. The van der Waals surface area contributed by atoms with Crippen LogP contribution in [-0.2, 0) is 17.5 Å². The highest BCUT2D eigenvalue weighted by Gasteiger charge is 2.34. The summed E-state index contributed by atoms with van der Waals surface area (Å²) in [7, 11) is 0. The van der Waals surface area contributed by atoms with Gasteiger partial charge in [-0.1, -0.05) is 12.1 Å². The fourth-order valence-electron chi connectivity index (χ4n) is 2.40. The van der Waals surface area contributed by atoms with Gasteiger partial charge in [0.2, 0.25) is 5.91 Å². The lowest BCUT2D eigenvalue weighted by atomic mass is 10.2. The summed E-state index contributed by atoms with van der Waals surface area (Å²) in [5.74, 6) is -0.460. The van der Waals surface area contributed by atoms with Gasteiger partial charge in [-0.25, -0.2) is 0 Å². The van der Waals surface area contributed by atoms with E-state index in [1.807, 2.05) is 18.3 Å². The van der Waals surface area contributed by atoms with E-state index in [1.54, 1.807) is 29.1 Å². The normalized spacial score (nSPS) is 12.8. The number of nitrogens with zero attached hydrogens (tertiary/aromatic N) is 4. The smallest absolute Gasteiger partial charge is 0.324 e. The molecule has 0 saturated heterocycles. The summed E-state index contributed by atoms with van der Waals surface area (Å²) >= 11 is 0. The Kier molecular flexibility index (Phi) is 4.79. The van der Waals surface area contributed by atoms with Gasteiger partial charge in [-0.05, 0) is 36.8 Å². The molecule has 1 aromatic carbocycles. The van der Waals surface area contributed by atoms with Gasteiger partial charge in [-0.15, -0.1) is 0 Å². The van der Waals surface area contributed by atoms with Gasteiger partial charge in [-0.3, -0.25) is 14.2 Å². The Morgan fingerprint density at radius 1 is 1.23 bits per heavy atom. The molecule has 3 aromatic rings. The number of amides is 1. The van der Waals surface area contributed by atoms with Gasteiger partial charge in [0.1, 0.15) is 6.04 Å². The van der Waals surface area contributed by atoms with Crippen LogP contribution in [0.5, 0.6) is 0 Å². The number of hydrogen-bond donors (Lipinski definition) is 1. The van der Waals surface area contributed by atoms with Crippen LogP contribution in [0.2, 0.25) is 0 Å². The van der Waals surface area contributed by atoms with Gasteiger partial charge in [0.05, 0.1) is 6.54 Å². The molecule has 0 aliphatic rings. The molecule has 1 unspecified atom stereocenters. The molecule has 0 bridgehead atoms. The molecule has 3 rings (SSSR count). The van der Waals surface area contributed by atoms with E-state index >= 15 is 0 Å². The number of carbonyl (C=O) groups excluding carboxylic acids is 1. The van der Waals surface area contributed by atoms with E-state index in [0.717, 1.165) is 22.5 Å². The van der Waals surface area contributed by atoms with Crippen molar-refractivity contribution >= 4 is 11.6 Å². The van der Waals surface area contributed by atoms with Crippen molar-refractivity contribution in [1.29, 1.82) is 0 Å². The van der Waals surface area contributed by atoms with Gasteiger partial charge in [0, 0.05) is 24.3 Å². The Morgan fingerprint density at radius 2 is 2.04 bits per heavy atom. The van der Waals surface area contributed by atoms with Crippen LogP contribution in [0.3, 0.4) is 0 Å². The van der Waals surface area contributed by atoms with E-state index in [2.05, 4.69) is 15.5 Å². The maximum atomic E-state index is 12.6. The van der Waals surface area contributed by atoms with Crippen molar-refractivity contribution in [2.75, 3.05) is 5.32 Å². The molecule has 0 fully saturated rings. The van der Waals surface area contributed by atoms with Crippen LogP contribution in [0.4, 0.5) is 18.9 Å². The van der Waals surface area contributed by atoms with Crippen molar-refractivity contribution in [3.05, 3.63) is 66.2 Å². The van der Waals surface area contributed by atoms with Crippen molar-refractivity contribution in [1.82, 2.24) is 19.6 Å². The van der Waals surface area contributed by atoms with E-state index in [4.69, 9.17) is 0 Å². The van der Waals surface area contributed by atoms with Gasteiger partial charge in [0.15, 0.2) is 5.69 Å². The van der Waals surface area contributed by atoms with Crippen molar-refractivity contribution in [2.24, 2.45) is 0 Å². The molecule has 1 amide bonds. The van der Waals surface area contributed by atoms with Gasteiger partial charge >= 0.3 is 6.18 Å². The second-order valence-corrected chi connectivity index (χ2v) is 5.75. The first-order valence-corrected chi connectivity index (χ1v) is 7.82. The summed E-state index contributed by atoms with van der Waals surface area (Å²) in [4.78, 5) is 12.3. The minimum Gasteiger partial charge on any atom is -0.324 e. The van der Waals surface area contributed by atoms with E-state index in [1.165, 1.54) is 6.92 Å². The largest absolute Gasteiger partial charge is 0.435 e. The van der Waals surface area contributed by atoms with Gasteiger partial charge in [0.25, 0.3) is 0 Å². The molecule has 136 valence electrons. The maximum Gasteiger partial charge on any atom is 0.435 e.